The lowest BCUT2D eigenvalue weighted by molar-refractivity contribution is 0.142. The van der Waals surface area contributed by atoms with Gasteiger partial charge in [-0.05, 0) is 37.7 Å². The van der Waals surface area contributed by atoms with Crippen LogP contribution in [0.15, 0.2) is 30.3 Å². The quantitative estimate of drug-likeness (QED) is 0.929. The highest BCUT2D eigenvalue weighted by Crippen LogP contribution is 2.48. The van der Waals surface area contributed by atoms with Crippen LogP contribution in [0.3, 0.4) is 0 Å². The minimum atomic E-state index is 0.0501. The van der Waals surface area contributed by atoms with Gasteiger partial charge in [-0.3, -0.25) is 0 Å². The summed E-state index contributed by atoms with van der Waals surface area (Å²) in [7, 11) is 1.91. The molecule has 22 heavy (non-hydrogen) atoms. The van der Waals surface area contributed by atoms with E-state index in [1.54, 1.807) is 0 Å². The van der Waals surface area contributed by atoms with Gasteiger partial charge in [-0.25, -0.2) is 4.79 Å². The zero-order valence-electron chi connectivity index (χ0n) is 13.4. The van der Waals surface area contributed by atoms with Crippen molar-refractivity contribution in [3.63, 3.8) is 0 Å². The third-order valence-corrected chi connectivity index (χ3v) is 4.91. The SMILES string of the molecule is CN(CC1(c2ccccc2)CC1)C(=O)N[C@@H]1CCCOCC1. The molecule has 1 aliphatic heterocycles. The van der Waals surface area contributed by atoms with Gasteiger partial charge in [0.05, 0.1) is 0 Å². The predicted molar refractivity (Wildman–Crippen MR) is 87.0 cm³/mol. The van der Waals surface area contributed by atoms with Crippen molar-refractivity contribution in [2.45, 2.75) is 43.6 Å². The molecular formula is C18H26N2O2. The van der Waals surface area contributed by atoms with Crippen LogP contribution in [0.2, 0.25) is 0 Å². The van der Waals surface area contributed by atoms with Gasteiger partial charge in [-0.1, -0.05) is 30.3 Å². The van der Waals surface area contributed by atoms with Gasteiger partial charge in [0, 0.05) is 38.3 Å². The topological polar surface area (TPSA) is 41.6 Å². The van der Waals surface area contributed by atoms with Gasteiger partial charge in [0.1, 0.15) is 0 Å². The Hall–Kier alpha value is -1.55. The van der Waals surface area contributed by atoms with E-state index in [0.29, 0.717) is 0 Å². The van der Waals surface area contributed by atoms with Crippen LogP contribution in [-0.4, -0.2) is 43.8 Å². The van der Waals surface area contributed by atoms with E-state index in [-0.39, 0.29) is 17.5 Å². The lowest BCUT2D eigenvalue weighted by Crippen LogP contribution is -2.45. The molecule has 2 amide bonds. The van der Waals surface area contributed by atoms with Crippen LogP contribution in [0.25, 0.3) is 0 Å². The fourth-order valence-corrected chi connectivity index (χ4v) is 3.34. The first kappa shape index (κ1) is 15.3. The predicted octanol–water partition coefficient (Wildman–Crippen LogP) is 2.93. The number of ether oxygens (including phenoxy) is 1. The van der Waals surface area contributed by atoms with Crippen molar-refractivity contribution in [2.24, 2.45) is 0 Å². The lowest BCUT2D eigenvalue weighted by Gasteiger charge is -2.26. The van der Waals surface area contributed by atoms with Crippen molar-refractivity contribution in [3.8, 4) is 0 Å². The summed E-state index contributed by atoms with van der Waals surface area (Å²) >= 11 is 0. The normalized spacial score (nSPS) is 23.4. The molecule has 4 heteroatoms. The molecule has 3 rings (SSSR count). The Kier molecular flexibility index (Phi) is 4.67. The number of amides is 2. The smallest absolute Gasteiger partial charge is 0.317 e. The Morgan fingerprint density at radius 2 is 2.05 bits per heavy atom. The maximum Gasteiger partial charge on any atom is 0.317 e. The summed E-state index contributed by atoms with van der Waals surface area (Å²) in [6.07, 6.45) is 5.31. The zero-order chi connectivity index (χ0) is 15.4. The molecule has 1 N–H and O–H groups in total. The van der Waals surface area contributed by atoms with Crippen molar-refractivity contribution in [3.05, 3.63) is 35.9 Å². The van der Waals surface area contributed by atoms with E-state index in [4.69, 9.17) is 4.74 Å². The summed E-state index contributed by atoms with van der Waals surface area (Å²) in [5.41, 5.74) is 1.54. The molecule has 1 heterocycles. The molecule has 1 aliphatic carbocycles. The Morgan fingerprint density at radius 3 is 2.77 bits per heavy atom. The number of benzene rings is 1. The fraction of sp³-hybridized carbons (Fsp3) is 0.611. The number of nitrogens with zero attached hydrogens (tertiary/aromatic N) is 1. The minimum absolute atomic E-state index is 0.0501. The number of likely N-dealkylation sites (N-methyl/N-ethyl adjacent to an activating group) is 1. The van der Waals surface area contributed by atoms with Crippen LogP contribution >= 0.6 is 0 Å². The number of carbonyl (C=O) groups is 1. The highest BCUT2D eigenvalue weighted by Gasteiger charge is 2.45. The van der Waals surface area contributed by atoms with Crippen LogP contribution in [-0.2, 0) is 10.2 Å². The second kappa shape index (κ2) is 6.69. The van der Waals surface area contributed by atoms with E-state index in [0.717, 1.165) is 39.0 Å². The molecule has 4 nitrogen and oxygen atoms in total. The molecule has 0 bridgehead atoms. The lowest BCUT2D eigenvalue weighted by atomic mass is 9.95. The summed E-state index contributed by atoms with van der Waals surface area (Å²) < 4.78 is 5.45. The third kappa shape index (κ3) is 3.61. The zero-order valence-corrected chi connectivity index (χ0v) is 13.4. The maximum atomic E-state index is 12.4. The first-order valence-electron chi connectivity index (χ1n) is 8.35. The average molecular weight is 302 g/mol. The van der Waals surface area contributed by atoms with Crippen LogP contribution < -0.4 is 5.32 Å². The number of urea groups is 1. The number of hydrogen-bond acceptors (Lipinski definition) is 2. The van der Waals surface area contributed by atoms with Gasteiger partial charge >= 0.3 is 6.03 Å². The van der Waals surface area contributed by atoms with Crippen molar-refractivity contribution < 1.29 is 9.53 Å². The Bertz CT molecular complexity index is 491. The Morgan fingerprint density at radius 1 is 1.27 bits per heavy atom. The van der Waals surface area contributed by atoms with E-state index >= 15 is 0 Å². The van der Waals surface area contributed by atoms with Gasteiger partial charge in [0.15, 0.2) is 0 Å². The first-order valence-corrected chi connectivity index (χ1v) is 8.35. The fourth-order valence-electron chi connectivity index (χ4n) is 3.34. The highest BCUT2D eigenvalue weighted by atomic mass is 16.5. The summed E-state index contributed by atoms with van der Waals surface area (Å²) in [4.78, 5) is 14.3. The number of rotatable bonds is 4. The second-order valence-corrected chi connectivity index (χ2v) is 6.69. The molecule has 1 aromatic rings. The molecule has 0 unspecified atom stereocenters. The summed E-state index contributed by atoms with van der Waals surface area (Å²) in [5, 5.41) is 3.17. The van der Waals surface area contributed by atoms with Crippen molar-refractivity contribution in [1.82, 2.24) is 10.2 Å². The highest BCUT2D eigenvalue weighted by molar-refractivity contribution is 5.74. The van der Waals surface area contributed by atoms with Gasteiger partial charge in [0.2, 0.25) is 0 Å². The van der Waals surface area contributed by atoms with Crippen LogP contribution in [0.1, 0.15) is 37.7 Å². The van der Waals surface area contributed by atoms with E-state index in [2.05, 4.69) is 29.6 Å². The van der Waals surface area contributed by atoms with Crippen molar-refractivity contribution in [2.75, 3.05) is 26.8 Å². The van der Waals surface area contributed by atoms with Crippen LogP contribution in [0, 0.1) is 0 Å². The molecule has 0 radical (unpaired) electrons. The standard InChI is InChI=1S/C18H26N2O2/c1-20(17(21)19-16-8-5-12-22-13-9-16)14-18(10-11-18)15-6-3-2-4-7-15/h2-4,6-7,16H,5,8-14H2,1H3,(H,19,21)/t16-/m1/s1. The maximum absolute atomic E-state index is 12.4. The minimum Gasteiger partial charge on any atom is -0.381 e. The number of carbonyl (C=O) groups excluding carboxylic acids is 1. The van der Waals surface area contributed by atoms with Crippen molar-refractivity contribution >= 4 is 6.03 Å². The Labute approximate surface area is 132 Å². The molecule has 0 spiro atoms. The summed E-state index contributed by atoms with van der Waals surface area (Å²) in [5.74, 6) is 0. The van der Waals surface area contributed by atoms with Crippen LogP contribution in [0.5, 0.6) is 0 Å². The number of hydrogen-bond donors (Lipinski definition) is 1. The van der Waals surface area contributed by atoms with Gasteiger partial charge in [-0.15, -0.1) is 0 Å². The van der Waals surface area contributed by atoms with E-state index in [9.17, 15) is 4.79 Å². The molecule has 1 saturated heterocycles. The first-order chi connectivity index (χ1) is 10.7. The Balaban J connectivity index is 1.55. The second-order valence-electron chi connectivity index (χ2n) is 6.69. The molecule has 1 aromatic carbocycles. The van der Waals surface area contributed by atoms with Gasteiger partial charge < -0.3 is 15.0 Å². The number of nitrogens with one attached hydrogen (secondary N) is 1. The van der Waals surface area contributed by atoms with Gasteiger partial charge in [0.25, 0.3) is 0 Å². The molecule has 120 valence electrons. The van der Waals surface area contributed by atoms with E-state index in [1.165, 1.54) is 18.4 Å². The molecule has 1 saturated carbocycles. The largest absolute Gasteiger partial charge is 0.381 e. The van der Waals surface area contributed by atoms with E-state index < -0.39 is 0 Å². The molecule has 2 fully saturated rings. The summed E-state index contributed by atoms with van der Waals surface area (Å²) in [6, 6.07) is 10.9. The molecule has 1 atom stereocenters. The van der Waals surface area contributed by atoms with E-state index in [1.807, 2.05) is 18.0 Å². The van der Waals surface area contributed by atoms with Crippen molar-refractivity contribution in [1.29, 1.82) is 0 Å². The van der Waals surface area contributed by atoms with Crippen LogP contribution in [0.4, 0.5) is 4.79 Å². The summed E-state index contributed by atoms with van der Waals surface area (Å²) in [6.45, 7) is 2.37. The average Bonchev–Trinajstić information content (AvgIpc) is 3.34. The molecule has 0 aromatic heterocycles. The molecule has 2 aliphatic rings. The third-order valence-electron chi connectivity index (χ3n) is 4.91. The monoisotopic (exact) mass is 302 g/mol. The van der Waals surface area contributed by atoms with Gasteiger partial charge in [-0.2, -0.15) is 0 Å². The molecular weight excluding hydrogens is 276 g/mol.